The van der Waals surface area contributed by atoms with Crippen LogP contribution in [0.25, 0.3) is 0 Å². The molecule has 1 aromatic carbocycles. The van der Waals surface area contributed by atoms with Crippen LogP contribution in [-0.4, -0.2) is 24.3 Å². The maximum Gasteiger partial charge on any atom is 0.338 e. The number of ether oxygens (including phenoxy) is 1. The molecule has 1 rings (SSSR count). The van der Waals surface area contributed by atoms with Crippen molar-refractivity contribution in [3.8, 4) is 0 Å². The Morgan fingerprint density at radius 1 is 1.28 bits per heavy atom. The third-order valence-corrected chi connectivity index (χ3v) is 2.11. The van der Waals surface area contributed by atoms with E-state index in [1.165, 1.54) is 13.0 Å². The molecule has 5 nitrogen and oxygen atoms in total. The second kappa shape index (κ2) is 6.54. The third-order valence-electron chi connectivity index (χ3n) is 2.11. The number of hydrogen-bond acceptors (Lipinski definition) is 4. The van der Waals surface area contributed by atoms with E-state index in [-0.39, 0.29) is 18.3 Å². The van der Waals surface area contributed by atoms with Crippen LogP contribution in [-0.2, 0) is 14.3 Å². The average Bonchev–Trinajstić information content (AvgIpc) is 2.36. The molecule has 0 aromatic heterocycles. The molecule has 96 valence electrons. The van der Waals surface area contributed by atoms with Crippen molar-refractivity contribution in [2.75, 3.05) is 11.9 Å². The minimum absolute atomic E-state index is 0.135. The summed E-state index contributed by atoms with van der Waals surface area (Å²) in [4.78, 5) is 33.5. The number of esters is 1. The molecule has 1 amide bonds. The average molecular weight is 249 g/mol. The number of Topliss-reactive ketones (excluding diaryl/α,β-unsaturated/α-hetero) is 1. The van der Waals surface area contributed by atoms with Gasteiger partial charge in [-0.25, -0.2) is 4.79 Å². The molecule has 0 saturated carbocycles. The number of rotatable bonds is 5. The molecular formula is C13H15NO4. The molecule has 1 N–H and O–H groups in total. The summed E-state index contributed by atoms with van der Waals surface area (Å²) in [7, 11) is 0. The fourth-order valence-corrected chi connectivity index (χ4v) is 1.22. The maximum atomic E-state index is 11.6. The van der Waals surface area contributed by atoms with Gasteiger partial charge in [-0.05, 0) is 25.1 Å². The molecule has 0 aliphatic carbocycles. The van der Waals surface area contributed by atoms with Gasteiger partial charge in [-0.1, -0.05) is 13.0 Å². The number of benzene rings is 1. The number of hydrogen-bond donors (Lipinski definition) is 1. The first-order valence-corrected chi connectivity index (χ1v) is 5.59. The molecule has 0 atom stereocenters. The summed E-state index contributed by atoms with van der Waals surface area (Å²) in [5.74, 6) is -0.944. The SMILES string of the molecule is CCC(=O)Nc1cccc(C(=O)OCC(C)=O)c1. The van der Waals surface area contributed by atoms with Gasteiger partial charge in [-0.15, -0.1) is 0 Å². The highest BCUT2D eigenvalue weighted by Crippen LogP contribution is 2.12. The van der Waals surface area contributed by atoms with Gasteiger partial charge in [0.05, 0.1) is 5.56 Å². The van der Waals surface area contributed by atoms with E-state index in [0.29, 0.717) is 17.7 Å². The zero-order valence-electron chi connectivity index (χ0n) is 10.4. The minimum atomic E-state index is -0.585. The van der Waals surface area contributed by atoms with E-state index in [2.05, 4.69) is 5.32 Å². The molecule has 0 spiro atoms. The normalized spacial score (nSPS) is 9.67. The quantitative estimate of drug-likeness (QED) is 0.807. The number of ketones is 1. The molecule has 0 bridgehead atoms. The Kier molecular flexibility index (Phi) is 5.05. The second-order valence-corrected chi connectivity index (χ2v) is 3.76. The van der Waals surface area contributed by atoms with Gasteiger partial charge in [-0.2, -0.15) is 0 Å². The summed E-state index contributed by atoms with van der Waals surface area (Å²) in [6.45, 7) is 2.83. The van der Waals surface area contributed by atoms with Crippen LogP contribution in [0.15, 0.2) is 24.3 Å². The van der Waals surface area contributed by atoms with Crippen LogP contribution in [0.3, 0.4) is 0 Å². The van der Waals surface area contributed by atoms with Crippen molar-refractivity contribution in [1.82, 2.24) is 0 Å². The lowest BCUT2D eigenvalue weighted by molar-refractivity contribution is -0.120. The highest BCUT2D eigenvalue weighted by Gasteiger charge is 2.09. The summed E-state index contributed by atoms with van der Waals surface area (Å²) < 4.78 is 4.77. The van der Waals surface area contributed by atoms with E-state index >= 15 is 0 Å². The lowest BCUT2D eigenvalue weighted by Gasteiger charge is -2.06. The van der Waals surface area contributed by atoms with Crippen LogP contribution in [0.2, 0.25) is 0 Å². The zero-order valence-corrected chi connectivity index (χ0v) is 10.4. The molecule has 0 aliphatic rings. The minimum Gasteiger partial charge on any atom is -0.454 e. The highest BCUT2D eigenvalue weighted by atomic mass is 16.5. The van der Waals surface area contributed by atoms with Crippen molar-refractivity contribution in [1.29, 1.82) is 0 Å². The summed E-state index contributed by atoms with van der Waals surface area (Å²) in [6, 6.07) is 6.38. The van der Waals surface area contributed by atoms with Crippen LogP contribution in [0, 0.1) is 0 Å². The first-order chi connectivity index (χ1) is 8.52. The molecule has 0 unspecified atom stereocenters. The maximum absolute atomic E-state index is 11.6. The molecule has 1 aromatic rings. The van der Waals surface area contributed by atoms with Crippen LogP contribution in [0.4, 0.5) is 5.69 Å². The van der Waals surface area contributed by atoms with Gasteiger partial charge >= 0.3 is 5.97 Å². The molecule has 0 saturated heterocycles. The van der Waals surface area contributed by atoms with Crippen molar-refractivity contribution in [3.05, 3.63) is 29.8 Å². The molecule has 5 heteroatoms. The van der Waals surface area contributed by atoms with Crippen molar-refractivity contribution in [3.63, 3.8) is 0 Å². The standard InChI is InChI=1S/C13H15NO4/c1-3-12(16)14-11-6-4-5-10(7-11)13(17)18-8-9(2)15/h4-7H,3,8H2,1-2H3,(H,14,16). The summed E-state index contributed by atoms with van der Waals surface area (Å²) in [6.07, 6.45) is 0.360. The molecule has 0 radical (unpaired) electrons. The lowest BCUT2D eigenvalue weighted by atomic mass is 10.2. The fraction of sp³-hybridized carbons (Fsp3) is 0.308. The first-order valence-electron chi connectivity index (χ1n) is 5.59. The Morgan fingerprint density at radius 3 is 2.61 bits per heavy atom. The predicted octanol–water partition coefficient (Wildman–Crippen LogP) is 1.78. The first kappa shape index (κ1) is 13.9. The fourth-order valence-electron chi connectivity index (χ4n) is 1.22. The van der Waals surface area contributed by atoms with Gasteiger partial charge in [0.2, 0.25) is 5.91 Å². The largest absolute Gasteiger partial charge is 0.454 e. The van der Waals surface area contributed by atoms with Gasteiger partial charge in [-0.3, -0.25) is 9.59 Å². The van der Waals surface area contributed by atoms with E-state index in [1.807, 2.05) is 0 Å². The summed E-state index contributed by atoms with van der Waals surface area (Å²) in [5.41, 5.74) is 0.823. The van der Waals surface area contributed by atoms with Crippen molar-refractivity contribution >= 4 is 23.3 Å². The van der Waals surface area contributed by atoms with Crippen molar-refractivity contribution in [2.45, 2.75) is 20.3 Å². The molecular weight excluding hydrogens is 234 g/mol. The number of carbonyl (C=O) groups is 3. The molecule has 0 fully saturated rings. The number of anilines is 1. The van der Waals surface area contributed by atoms with Crippen molar-refractivity contribution in [2.24, 2.45) is 0 Å². The Balaban J connectivity index is 2.72. The number of amides is 1. The van der Waals surface area contributed by atoms with E-state index < -0.39 is 5.97 Å². The summed E-state index contributed by atoms with van der Waals surface area (Å²) >= 11 is 0. The van der Waals surface area contributed by atoms with Crippen LogP contribution < -0.4 is 5.32 Å². The highest BCUT2D eigenvalue weighted by molar-refractivity contribution is 5.95. The van der Waals surface area contributed by atoms with Gasteiger partial charge in [0.15, 0.2) is 5.78 Å². The van der Waals surface area contributed by atoms with Gasteiger partial charge in [0.25, 0.3) is 0 Å². The number of nitrogens with one attached hydrogen (secondary N) is 1. The number of carbonyl (C=O) groups excluding carboxylic acids is 3. The third kappa shape index (κ3) is 4.37. The Bertz CT molecular complexity index is 468. The van der Waals surface area contributed by atoms with Gasteiger partial charge in [0.1, 0.15) is 6.61 Å². The van der Waals surface area contributed by atoms with E-state index in [9.17, 15) is 14.4 Å². The Hall–Kier alpha value is -2.17. The monoisotopic (exact) mass is 249 g/mol. The van der Waals surface area contributed by atoms with Gasteiger partial charge in [0, 0.05) is 12.1 Å². The Labute approximate surface area is 105 Å². The van der Waals surface area contributed by atoms with Gasteiger partial charge < -0.3 is 10.1 Å². The Morgan fingerprint density at radius 2 is 2.00 bits per heavy atom. The molecule has 0 aliphatic heterocycles. The van der Waals surface area contributed by atoms with E-state index in [4.69, 9.17) is 4.74 Å². The smallest absolute Gasteiger partial charge is 0.338 e. The molecule has 0 heterocycles. The molecule has 18 heavy (non-hydrogen) atoms. The van der Waals surface area contributed by atoms with Crippen molar-refractivity contribution < 1.29 is 19.1 Å². The summed E-state index contributed by atoms with van der Waals surface area (Å²) in [5, 5.41) is 2.64. The zero-order chi connectivity index (χ0) is 13.5. The van der Waals surface area contributed by atoms with E-state index in [1.54, 1.807) is 25.1 Å². The van der Waals surface area contributed by atoms with Crippen LogP contribution in [0.1, 0.15) is 30.6 Å². The predicted molar refractivity (Wildman–Crippen MR) is 66.3 cm³/mol. The van der Waals surface area contributed by atoms with Crippen LogP contribution >= 0.6 is 0 Å². The van der Waals surface area contributed by atoms with Crippen LogP contribution in [0.5, 0.6) is 0 Å². The van der Waals surface area contributed by atoms with E-state index in [0.717, 1.165) is 0 Å². The second-order valence-electron chi connectivity index (χ2n) is 3.76. The lowest BCUT2D eigenvalue weighted by Crippen LogP contribution is -2.13. The topological polar surface area (TPSA) is 72.5 Å².